The van der Waals surface area contributed by atoms with Crippen LogP contribution in [0.3, 0.4) is 0 Å². The molecule has 0 aliphatic rings. The minimum absolute atomic E-state index is 0.0223. The fourth-order valence-electron chi connectivity index (χ4n) is 2.07. The van der Waals surface area contributed by atoms with E-state index in [9.17, 15) is 14.4 Å². The number of aliphatic carboxylic acids is 1. The molecule has 138 valence electrons. The molecule has 25 heavy (non-hydrogen) atoms. The van der Waals surface area contributed by atoms with E-state index in [1.165, 1.54) is 0 Å². The van der Waals surface area contributed by atoms with Crippen LogP contribution in [-0.2, 0) is 9.59 Å². The number of halogens is 2. The lowest BCUT2D eigenvalue weighted by atomic mass is 10.2. The molecular formula is C16H20I2N2O5. The molecule has 0 unspecified atom stereocenters. The van der Waals surface area contributed by atoms with E-state index in [1.54, 1.807) is 12.1 Å². The van der Waals surface area contributed by atoms with Crippen molar-refractivity contribution in [2.75, 3.05) is 26.8 Å². The van der Waals surface area contributed by atoms with E-state index in [1.807, 2.05) is 12.1 Å². The molecule has 0 radical (unpaired) electrons. The van der Waals surface area contributed by atoms with Crippen LogP contribution in [-0.4, -0.2) is 51.4 Å². The maximum atomic E-state index is 11.8. The molecule has 0 spiro atoms. The van der Waals surface area contributed by atoms with Gasteiger partial charge in [0.2, 0.25) is 0 Å². The predicted molar refractivity (Wildman–Crippen MR) is 112 cm³/mol. The van der Waals surface area contributed by atoms with Crippen molar-refractivity contribution in [3.63, 3.8) is 0 Å². The summed E-state index contributed by atoms with van der Waals surface area (Å²) < 4.78 is 7.12. The van der Waals surface area contributed by atoms with Crippen LogP contribution in [0.15, 0.2) is 24.3 Å². The van der Waals surface area contributed by atoms with Gasteiger partial charge in [0.05, 0.1) is 0 Å². The summed E-state index contributed by atoms with van der Waals surface area (Å²) in [5.41, 5.74) is 1.04. The van der Waals surface area contributed by atoms with Crippen molar-refractivity contribution in [3.8, 4) is 5.75 Å². The Hall–Kier alpha value is -1.11. The molecule has 7 nitrogen and oxygen atoms in total. The van der Waals surface area contributed by atoms with Gasteiger partial charge in [-0.05, 0) is 30.7 Å². The maximum absolute atomic E-state index is 11.8. The first kappa shape index (κ1) is 21.9. The van der Waals surface area contributed by atoms with Crippen molar-refractivity contribution in [2.45, 2.75) is 18.9 Å². The number of carboxylic acid groups (broad SMARTS) is 1. The van der Waals surface area contributed by atoms with E-state index in [4.69, 9.17) is 9.84 Å². The minimum atomic E-state index is -1.21. The van der Waals surface area contributed by atoms with Gasteiger partial charge < -0.3 is 24.9 Å². The highest BCUT2D eigenvalue weighted by molar-refractivity contribution is 14.1. The highest BCUT2D eigenvalue weighted by atomic mass is 127. The van der Waals surface area contributed by atoms with Gasteiger partial charge in [-0.15, -0.1) is 0 Å². The van der Waals surface area contributed by atoms with Crippen molar-refractivity contribution < 1.29 is 24.2 Å². The van der Waals surface area contributed by atoms with Gasteiger partial charge in [0, 0.05) is 34.1 Å². The zero-order valence-corrected chi connectivity index (χ0v) is 17.8. The van der Waals surface area contributed by atoms with Gasteiger partial charge in [0.15, 0.2) is 0 Å². The Bertz CT molecular complexity index is 562. The number of nitrogens with one attached hydrogen (secondary N) is 1. The van der Waals surface area contributed by atoms with Gasteiger partial charge in [-0.2, -0.15) is 0 Å². The van der Waals surface area contributed by atoms with E-state index in [2.05, 4.69) is 55.4 Å². The summed E-state index contributed by atoms with van der Waals surface area (Å²) in [6.45, 7) is 1.86. The topological polar surface area (TPSA) is 95.9 Å². The number of nitrogens with zero attached hydrogens (tertiary/aromatic N) is 1. The first-order valence-electron chi connectivity index (χ1n) is 7.63. The number of carbonyl (C=O) groups excluding carboxylic acids is 2. The largest absolute Gasteiger partial charge is 0.480 e. The lowest BCUT2D eigenvalue weighted by molar-refractivity contribution is -0.139. The third-order valence-corrected chi connectivity index (χ3v) is 4.25. The monoisotopic (exact) mass is 574 g/mol. The number of carboxylic acids is 1. The molecule has 9 heteroatoms. The molecule has 0 fully saturated rings. The Labute approximate surface area is 173 Å². The molecule has 0 heterocycles. The molecule has 0 bridgehead atoms. The highest BCUT2D eigenvalue weighted by Crippen LogP contribution is 2.20. The summed E-state index contributed by atoms with van der Waals surface area (Å²) >= 11 is 4.65. The van der Waals surface area contributed by atoms with Crippen LogP contribution in [0.25, 0.3) is 0 Å². The van der Waals surface area contributed by atoms with Gasteiger partial charge in [0.25, 0.3) is 0 Å². The number of amides is 1. The average molecular weight is 574 g/mol. The summed E-state index contributed by atoms with van der Waals surface area (Å²) in [4.78, 5) is 35.4. The first-order valence-corrected chi connectivity index (χ1v) is 10.7. The third-order valence-electron chi connectivity index (χ3n) is 3.28. The van der Waals surface area contributed by atoms with Gasteiger partial charge in [0.1, 0.15) is 18.1 Å². The predicted octanol–water partition coefficient (Wildman–Crippen LogP) is 2.88. The Kier molecular flexibility index (Phi) is 10.8. The van der Waals surface area contributed by atoms with Crippen LogP contribution in [0.5, 0.6) is 5.75 Å². The molecule has 0 aromatic heterocycles. The summed E-state index contributed by atoms with van der Waals surface area (Å²) in [7, 11) is 0. The van der Waals surface area contributed by atoms with Gasteiger partial charge in [-0.25, -0.2) is 9.59 Å². The molecule has 0 aliphatic heterocycles. The summed E-state index contributed by atoms with van der Waals surface area (Å²) in [6.07, 6.45) is -0.176. The Balaban J connectivity index is 2.65. The van der Waals surface area contributed by atoms with E-state index in [0.29, 0.717) is 12.0 Å². The van der Waals surface area contributed by atoms with Crippen LogP contribution >= 0.6 is 45.2 Å². The van der Waals surface area contributed by atoms with E-state index < -0.39 is 18.1 Å². The highest BCUT2D eigenvalue weighted by Gasteiger charge is 2.20. The zero-order valence-electron chi connectivity index (χ0n) is 13.5. The minimum Gasteiger partial charge on any atom is -0.480 e. The fraction of sp³-hybridized carbons (Fsp3) is 0.438. The molecule has 0 saturated heterocycles. The van der Waals surface area contributed by atoms with Crippen LogP contribution < -0.4 is 15.0 Å². The van der Waals surface area contributed by atoms with Crippen molar-refractivity contribution in [2.24, 2.45) is 0 Å². The lowest BCUT2D eigenvalue weighted by Crippen LogP contribution is -2.42. The molecule has 1 atom stereocenters. The number of carbonyl (C=O) groups is 3. The SMILES string of the molecule is O=CCC[C@@H](NC(=O)Oc1ccc(N(CCI)CCI)cc1)C(=O)O. The van der Waals surface area contributed by atoms with Gasteiger partial charge in [-0.1, -0.05) is 45.2 Å². The summed E-state index contributed by atoms with van der Waals surface area (Å²) in [5.74, 6) is -0.882. The van der Waals surface area contributed by atoms with E-state index >= 15 is 0 Å². The fourth-order valence-corrected chi connectivity index (χ4v) is 3.23. The Morgan fingerprint density at radius 2 is 1.80 bits per heavy atom. The number of hydrogen-bond donors (Lipinski definition) is 2. The van der Waals surface area contributed by atoms with Crippen molar-refractivity contribution in [1.29, 1.82) is 0 Å². The molecule has 0 saturated carbocycles. The van der Waals surface area contributed by atoms with Crippen LogP contribution in [0.4, 0.5) is 10.5 Å². The van der Waals surface area contributed by atoms with Crippen molar-refractivity contribution in [3.05, 3.63) is 24.3 Å². The Morgan fingerprint density at radius 1 is 1.20 bits per heavy atom. The second kappa shape index (κ2) is 12.3. The zero-order chi connectivity index (χ0) is 18.7. The number of rotatable bonds is 11. The number of hydrogen-bond acceptors (Lipinski definition) is 5. The van der Waals surface area contributed by atoms with E-state index in [-0.39, 0.29) is 12.8 Å². The number of ether oxygens (including phenoxy) is 1. The standard InChI is InChI=1S/C16H20I2N2O5/c17-7-9-20(10-8-18)12-3-5-13(6-4-12)25-16(24)19-14(15(22)23)2-1-11-21/h3-6,11,14H,1-2,7-10H2,(H,19,24)(H,22,23)/t14-/m1/s1. The number of aldehydes is 1. The number of benzene rings is 1. The molecule has 1 amide bonds. The average Bonchev–Trinajstić information content (AvgIpc) is 2.59. The third kappa shape index (κ3) is 8.21. The summed E-state index contributed by atoms with van der Waals surface area (Å²) in [6, 6.07) is 5.91. The molecule has 2 N–H and O–H groups in total. The van der Waals surface area contributed by atoms with Crippen LogP contribution in [0, 0.1) is 0 Å². The van der Waals surface area contributed by atoms with Crippen molar-refractivity contribution >= 4 is 69.2 Å². The van der Waals surface area contributed by atoms with E-state index in [0.717, 1.165) is 27.6 Å². The molecule has 1 aromatic rings. The van der Waals surface area contributed by atoms with Gasteiger partial charge >= 0.3 is 12.1 Å². The second-order valence-corrected chi connectivity index (χ2v) is 7.19. The molecule has 1 rings (SSSR count). The van der Waals surface area contributed by atoms with Gasteiger partial charge in [-0.3, -0.25) is 0 Å². The Morgan fingerprint density at radius 3 is 2.28 bits per heavy atom. The smallest absolute Gasteiger partial charge is 0.413 e. The first-order chi connectivity index (χ1) is 12.0. The number of anilines is 1. The summed E-state index contributed by atoms with van der Waals surface area (Å²) in [5, 5.41) is 11.3. The molecule has 1 aromatic carbocycles. The second-order valence-electron chi connectivity index (χ2n) is 5.03. The molecular weight excluding hydrogens is 554 g/mol. The molecule has 0 aliphatic carbocycles. The quantitative estimate of drug-likeness (QED) is 0.240. The van der Waals surface area contributed by atoms with Crippen LogP contribution in [0.2, 0.25) is 0 Å². The lowest BCUT2D eigenvalue weighted by Gasteiger charge is -2.23. The maximum Gasteiger partial charge on any atom is 0.413 e. The van der Waals surface area contributed by atoms with Crippen molar-refractivity contribution in [1.82, 2.24) is 5.32 Å². The normalized spacial score (nSPS) is 11.4. The van der Waals surface area contributed by atoms with Crippen LogP contribution in [0.1, 0.15) is 12.8 Å². The number of alkyl halides is 2.